The Kier molecular flexibility index (Phi) is 13.0. The predicted molar refractivity (Wildman–Crippen MR) is 48.5 cm³/mol. The Morgan fingerprint density at radius 3 is 1.36 bits per heavy atom. The minimum Gasteiger partial charge on any atom is -0.312 e. The molecule has 0 aromatic carbocycles. The van der Waals surface area contributed by atoms with Crippen LogP contribution >= 0.6 is 13.5 Å². The molecule has 0 bridgehead atoms. The van der Waals surface area contributed by atoms with Gasteiger partial charge in [0.2, 0.25) is 0 Å². The fourth-order valence-corrected chi connectivity index (χ4v) is 0. The highest BCUT2D eigenvalue weighted by atomic mass is 32.3. The third-order valence-corrected chi connectivity index (χ3v) is 0.632. The van der Waals surface area contributed by atoms with Gasteiger partial charge in [0.05, 0.1) is 7.11 Å². The van der Waals surface area contributed by atoms with E-state index in [2.05, 4.69) is 4.18 Å². The predicted octanol–water partition coefficient (Wildman–Crippen LogP) is -0.274. The van der Waals surface area contributed by atoms with Crippen LogP contribution in [0.5, 0.6) is 0 Å². The lowest BCUT2D eigenvalue weighted by Crippen LogP contribution is -1.99. The van der Waals surface area contributed by atoms with E-state index in [9.17, 15) is 8.42 Å². The topological polar surface area (TPSA) is 66.8 Å². The van der Waals surface area contributed by atoms with Gasteiger partial charge >= 0.3 is 10.4 Å². The molecule has 0 saturated heterocycles. The van der Waals surface area contributed by atoms with Crippen LogP contribution in [0, 0.1) is 0 Å². The summed E-state index contributed by atoms with van der Waals surface area (Å²) in [6, 6.07) is 0. The highest BCUT2D eigenvalue weighted by Crippen LogP contribution is 1.74. The van der Waals surface area contributed by atoms with E-state index in [4.69, 9.17) is 4.55 Å². The molecule has 7 heteroatoms. The van der Waals surface area contributed by atoms with Crippen LogP contribution in [-0.4, -0.2) is 46.1 Å². The summed E-state index contributed by atoms with van der Waals surface area (Å²) in [7, 11) is 2.71. The van der Waals surface area contributed by atoms with Gasteiger partial charge in [0.1, 0.15) is 0 Å². The van der Waals surface area contributed by atoms with Crippen LogP contribution in [0.25, 0.3) is 0 Å². The minimum atomic E-state index is -4.16. The Bertz CT molecular complexity index is 151. The maximum Gasteiger partial charge on any atom is 0.397 e. The zero-order valence-electron chi connectivity index (χ0n) is 7.03. The molecular formula is C4H15NO4S2. The van der Waals surface area contributed by atoms with Gasteiger partial charge in [-0.05, 0) is 21.1 Å². The summed E-state index contributed by atoms with van der Waals surface area (Å²) in [6.45, 7) is 0. The Morgan fingerprint density at radius 1 is 1.27 bits per heavy atom. The molecule has 0 fully saturated rings. The van der Waals surface area contributed by atoms with Crippen molar-refractivity contribution in [1.29, 1.82) is 0 Å². The summed E-state index contributed by atoms with van der Waals surface area (Å²) >= 11 is 0. The fourth-order valence-electron chi connectivity index (χ4n) is 0. The second-order valence-electron chi connectivity index (χ2n) is 1.94. The normalized spacial score (nSPS) is 9.64. The highest BCUT2D eigenvalue weighted by molar-refractivity contribution is 7.80. The number of hydrogen-bond acceptors (Lipinski definition) is 4. The van der Waals surface area contributed by atoms with Crippen LogP contribution in [0.3, 0.4) is 0 Å². The molecule has 5 nitrogen and oxygen atoms in total. The molecule has 0 heterocycles. The first kappa shape index (κ1) is 17.3. The van der Waals surface area contributed by atoms with Crippen LogP contribution in [0.1, 0.15) is 0 Å². The lowest BCUT2D eigenvalue weighted by Gasteiger charge is -1.90. The molecule has 0 aromatic rings. The maximum atomic E-state index is 9.33. The van der Waals surface area contributed by atoms with Gasteiger partial charge < -0.3 is 4.90 Å². The molecule has 0 rings (SSSR count). The minimum absolute atomic E-state index is 0. The summed E-state index contributed by atoms with van der Waals surface area (Å²) in [4.78, 5) is 2.00. The second-order valence-corrected chi connectivity index (χ2v) is 3.12. The first-order valence-electron chi connectivity index (χ1n) is 2.43. The van der Waals surface area contributed by atoms with E-state index in [1.807, 2.05) is 26.0 Å². The average Bonchev–Trinajstić information content (AvgIpc) is 1.63. The van der Waals surface area contributed by atoms with Gasteiger partial charge in [0.25, 0.3) is 0 Å². The molecule has 11 heavy (non-hydrogen) atoms. The molecule has 0 spiro atoms. The second kappa shape index (κ2) is 8.28. The molecule has 0 atom stereocenters. The molecule has 0 saturated carbocycles. The SMILES string of the molecule is CN(C)C.COS(=O)(=O)O.S. The number of rotatable bonds is 1. The van der Waals surface area contributed by atoms with Gasteiger partial charge in [0.15, 0.2) is 0 Å². The van der Waals surface area contributed by atoms with E-state index in [1.54, 1.807) is 0 Å². The van der Waals surface area contributed by atoms with E-state index < -0.39 is 10.4 Å². The molecule has 72 valence electrons. The Morgan fingerprint density at radius 2 is 1.36 bits per heavy atom. The van der Waals surface area contributed by atoms with Crippen molar-refractivity contribution < 1.29 is 17.2 Å². The van der Waals surface area contributed by atoms with Crippen LogP contribution in [0.15, 0.2) is 0 Å². The van der Waals surface area contributed by atoms with Crippen LogP contribution in [-0.2, 0) is 14.6 Å². The van der Waals surface area contributed by atoms with Crippen molar-refractivity contribution in [1.82, 2.24) is 4.90 Å². The van der Waals surface area contributed by atoms with Crippen molar-refractivity contribution in [2.24, 2.45) is 0 Å². The van der Waals surface area contributed by atoms with Crippen LogP contribution in [0.4, 0.5) is 0 Å². The van der Waals surface area contributed by atoms with Crippen LogP contribution in [0.2, 0.25) is 0 Å². The van der Waals surface area contributed by atoms with Crippen molar-refractivity contribution in [3.8, 4) is 0 Å². The zero-order valence-corrected chi connectivity index (χ0v) is 8.84. The summed E-state index contributed by atoms with van der Waals surface area (Å²) < 4.78 is 29.7. The molecule has 0 aromatic heterocycles. The van der Waals surface area contributed by atoms with Gasteiger partial charge in [-0.2, -0.15) is 21.9 Å². The molecule has 0 aliphatic carbocycles. The monoisotopic (exact) mass is 205 g/mol. The molecule has 0 aliphatic heterocycles. The molecule has 1 N–H and O–H groups in total. The number of nitrogens with zero attached hydrogens (tertiary/aromatic N) is 1. The van der Waals surface area contributed by atoms with Crippen molar-refractivity contribution in [3.63, 3.8) is 0 Å². The van der Waals surface area contributed by atoms with Gasteiger partial charge in [-0.3, -0.25) is 8.74 Å². The highest BCUT2D eigenvalue weighted by Gasteiger charge is 1.93. The lowest BCUT2D eigenvalue weighted by atomic mass is 11.0. The first-order valence-corrected chi connectivity index (χ1v) is 3.80. The zero-order chi connectivity index (χ0) is 8.78. The van der Waals surface area contributed by atoms with Gasteiger partial charge in [-0.25, -0.2) is 0 Å². The van der Waals surface area contributed by atoms with Gasteiger partial charge in [-0.1, -0.05) is 0 Å². The fraction of sp³-hybridized carbons (Fsp3) is 1.00. The van der Waals surface area contributed by atoms with Crippen molar-refractivity contribution >= 4 is 23.9 Å². The van der Waals surface area contributed by atoms with Crippen molar-refractivity contribution in [3.05, 3.63) is 0 Å². The third kappa shape index (κ3) is 67.4. The standard InChI is InChI=1S/C3H9N.CH4O4S.H2S/c1-4(2)3;1-5-6(2,3)4;/h1-3H3;1H3,(H,2,3,4);1H2. The quantitative estimate of drug-likeness (QED) is 0.597. The summed E-state index contributed by atoms with van der Waals surface area (Å²) in [5.74, 6) is 0. The summed E-state index contributed by atoms with van der Waals surface area (Å²) in [5.41, 5.74) is 0. The number of hydrogen-bond donors (Lipinski definition) is 1. The molecule has 0 aliphatic rings. The van der Waals surface area contributed by atoms with Crippen LogP contribution < -0.4 is 0 Å². The van der Waals surface area contributed by atoms with E-state index in [-0.39, 0.29) is 13.5 Å². The van der Waals surface area contributed by atoms with Gasteiger partial charge in [-0.15, -0.1) is 0 Å². The summed E-state index contributed by atoms with van der Waals surface area (Å²) in [5, 5.41) is 0. The Balaban J connectivity index is -0.000000114. The van der Waals surface area contributed by atoms with E-state index in [1.165, 1.54) is 0 Å². The third-order valence-electron chi connectivity index (χ3n) is 0.211. The molecule has 0 amide bonds. The Labute approximate surface area is 74.7 Å². The lowest BCUT2D eigenvalue weighted by molar-refractivity contribution is 0.324. The van der Waals surface area contributed by atoms with Crippen molar-refractivity contribution in [2.45, 2.75) is 0 Å². The van der Waals surface area contributed by atoms with E-state index in [0.29, 0.717) is 0 Å². The smallest absolute Gasteiger partial charge is 0.312 e. The largest absolute Gasteiger partial charge is 0.397 e. The Hall–Kier alpha value is 0.180. The molecular weight excluding hydrogens is 190 g/mol. The molecule has 0 radical (unpaired) electrons. The van der Waals surface area contributed by atoms with Crippen molar-refractivity contribution in [2.75, 3.05) is 28.3 Å². The van der Waals surface area contributed by atoms with E-state index in [0.717, 1.165) is 7.11 Å². The maximum absolute atomic E-state index is 9.33. The molecule has 0 unspecified atom stereocenters. The van der Waals surface area contributed by atoms with E-state index >= 15 is 0 Å². The first-order chi connectivity index (χ1) is 4.29. The average molecular weight is 205 g/mol. The van der Waals surface area contributed by atoms with Gasteiger partial charge in [0, 0.05) is 0 Å². The summed E-state index contributed by atoms with van der Waals surface area (Å²) in [6.07, 6.45) is 0.